The van der Waals surface area contributed by atoms with Crippen molar-refractivity contribution in [2.75, 3.05) is 7.11 Å². The van der Waals surface area contributed by atoms with Gasteiger partial charge >= 0.3 is 11.6 Å². The van der Waals surface area contributed by atoms with Crippen LogP contribution < -0.4 is 15.1 Å². The third-order valence-electron chi connectivity index (χ3n) is 4.38. The zero-order chi connectivity index (χ0) is 20.1. The Morgan fingerprint density at radius 1 is 1.07 bits per heavy atom. The van der Waals surface area contributed by atoms with Crippen molar-refractivity contribution in [2.24, 2.45) is 0 Å². The maximum Gasteiger partial charge on any atom is 0.347 e. The van der Waals surface area contributed by atoms with Crippen LogP contribution in [0.3, 0.4) is 0 Å². The molecule has 3 aromatic rings. The number of esters is 1. The van der Waals surface area contributed by atoms with E-state index in [2.05, 4.69) is 0 Å². The first-order chi connectivity index (χ1) is 13.5. The van der Waals surface area contributed by atoms with Crippen LogP contribution in [-0.4, -0.2) is 19.2 Å². The standard InChI is InChI=1S/C22H22O6/c1-4-15-5-10-19-16(12-21(23)28-20(19)11-15)13-26-22(24)14(2)27-18-8-6-17(25-3)7-9-18/h5-12,14H,4,13H2,1-3H3. The highest BCUT2D eigenvalue weighted by Gasteiger charge is 2.17. The van der Waals surface area contributed by atoms with Gasteiger partial charge in [0.1, 0.15) is 23.7 Å². The van der Waals surface area contributed by atoms with Crippen LogP contribution in [-0.2, 0) is 22.6 Å². The fraction of sp³-hybridized carbons (Fsp3) is 0.273. The number of hydrogen-bond acceptors (Lipinski definition) is 6. The largest absolute Gasteiger partial charge is 0.497 e. The van der Waals surface area contributed by atoms with Gasteiger partial charge in [0.05, 0.1) is 7.11 Å². The molecule has 28 heavy (non-hydrogen) atoms. The van der Waals surface area contributed by atoms with Crippen LogP contribution >= 0.6 is 0 Å². The average molecular weight is 382 g/mol. The van der Waals surface area contributed by atoms with Crippen LogP contribution in [0.15, 0.2) is 57.7 Å². The summed E-state index contributed by atoms with van der Waals surface area (Å²) in [5, 5.41) is 0.744. The molecule has 1 unspecified atom stereocenters. The van der Waals surface area contributed by atoms with Crippen LogP contribution in [0.25, 0.3) is 11.0 Å². The summed E-state index contributed by atoms with van der Waals surface area (Å²) in [4.78, 5) is 24.1. The molecule has 0 aliphatic heterocycles. The number of fused-ring (bicyclic) bond motifs is 1. The summed E-state index contributed by atoms with van der Waals surface area (Å²) in [5.41, 5.74) is 1.67. The second-order valence-electron chi connectivity index (χ2n) is 6.32. The molecule has 0 fully saturated rings. The monoisotopic (exact) mass is 382 g/mol. The number of ether oxygens (including phenoxy) is 3. The molecule has 0 N–H and O–H groups in total. The highest BCUT2D eigenvalue weighted by Crippen LogP contribution is 2.21. The van der Waals surface area contributed by atoms with Gasteiger partial charge in [-0.15, -0.1) is 0 Å². The van der Waals surface area contributed by atoms with E-state index >= 15 is 0 Å². The Morgan fingerprint density at radius 3 is 2.46 bits per heavy atom. The molecular formula is C22H22O6. The summed E-state index contributed by atoms with van der Waals surface area (Å²) >= 11 is 0. The number of aryl methyl sites for hydroxylation is 1. The Hall–Kier alpha value is -3.28. The molecule has 1 heterocycles. The van der Waals surface area contributed by atoms with Crippen molar-refractivity contribution in [1.82, 2.24) is 0 Å². The van der Waals surface area contributed by atoms with E-state index in [0.717, 1.165) is 17.4 Å². The van der Waals surface area contributed by atoms with Gasteiger partial charge in [-0.05, 0) is 49.2 Å². The fourth-order valence-corrected chi connectivity index (χ4v) is 2.79. The molecule has 146 valence electrons. The number of rotatable bonds is 7. The Balaban J connectivity index is 1.68. The molecule has 3 rings (SSSR count). The molecule has 0 amide bonds. The Bertz CT molecular complexity index is 1020. The number of carbonyl (C=O) groups is 1. The molecule has 2 aromatic carbocycles. The molecule has 0 spiro atoms. The zero-order valence-electron chi connectivity index (χ0n) is 16.1. The Morgan fingerprint density at radius 2 is 1.79 bits per heavy atom. The number of methoxy groups -OCH3 is 1. The smallest absolute Gasteiger partial charge is 0.347 e. The van der Waals surface area contributed by atoms with Crippen molar-refractivity contribution in [3.63, 3.8) is 0 Å². The van der Waals surface area contributed by atoms with Crippen molar-refractivity contribution in [1.29, 1.82) is 0 Å². The van der Waals surface area contributed by atoms with Gasteiger partial charge in [0.15, 0.2) is 6.10 Å². The van der Waals surface area contributed by atoms with Crippen LogP contribution in [0.4, 0.5) is 0 Å². The van der Waals surface area contributed by atoms with Crippen molar-refractivity contribution in [3.8, 4) is 11.5 Å². The minimum Gasteiger partial charge on any atom is -0.497 e. The Labute approximate surface area is 162 Å². The summed E-state index contributed by atoms with van der Waals surface area (Å²) in [6.45, 7) is 3.59. The molecular weight excluding hydrogens is 360 g/mol. The van der Waals surface area contributed by atoms with E-state index in [1.165, 1.54) is 6.07 Å². The number of hydrogen-bond donors (Lipinski definition) is 0. The van der Waals surface area contributed by atoms with Gasteiger partial charge in [-0.25, -0.2) is 9.59 Å². The van der Waals surface area contributed by atoms with Gasteiger partial charge in [0.25, 0.3) is 0 Å². The fourth-order valence-electron chi connectivity index (χ4n) is 2.79. The lowest BCUT2D eigenvalue weighted by molar-refractivity contribution is -0.152. The first-order valence-electron chi connectivity index (χ1n) is 9.03. The zero-order valence-corrected chi connectivity index (χ0v) is 16.1. The maximum atomic E-state index is 12.3. The predicted molar refractivity (Wildman–Crippen MR) is 105 cm³/mol. The van der Waals surface area contributed by atoms with Crippen LogP contribution in [0.2, 0.25) is 0 Å². The van der Waals surface area contributed by atoms with Gasteiger partial charge < -0.3 is 18.6 Å². The van der Waals surface area contributed by atoms with E-state index in [1.807, 2.05) is 25.1 Å². The molecule has 6 heteroatoms. The maximum absolute atomic E-state index is 12.3. The van der Waals surface area contributed by atoms with E-state index in [1.54, 1.807) is 38.3 Å². The van der Waals surface area contributed by atoms with E-state index in [9.17, 15) is 9.59 Å². The van der Waals surface area contributed by atoms with E-state index in [4.69, 9.17) is 18.6 Å². The first-order valence-corrected chi connectivity index (χ1v) is 9.03. The van der Waals surface area contributed by atoms with Crippen molar-refractivity contribution >= 4 is 16.9 Å². The topological polar surface area (TPSA) is 75.0 Å². The SMILES string of the molecule is CCc1ccc2c(COC(=O)C(C)Oc3ccc(OC)cc3)cc(=O)oc2c1. The third-order valence-corrected chi connectivity index (χ3v) is 4.38. The molecule has 6 nitrogen and oxygen atoms in total. The summed E-state index contributed by atoms with van der Waals surface area (Å²) in [6.07, 6.45) is 0.0329. The second kappa shape index (κ2) is 8.61. The first kappa shape index (κ1) is 19.5. The molecule has 0 radical (unpaired) electrons. The lowest BCUT2D eigenvalue weighted by Gasteiger charge is -2.14. The van der Waals surface area contributed by atoms with Gasteiger partial charge in [-0.1, -0.05) is 19.1 Å². The average Bonchev–Trinajstić information content (AvgIpc) is 2.71. The molecule has 1 atom stereocenters. The lowest BCUT2D eigenvalue weighted by atomic mass is 10.1. The molecule has 0 bridgehead atoms. The van der Waals surface area contributed by atoms with Gasteiger partial charge in [-0.3, -0.25) is 0 Å². The minimum atomic E-state index is -0.800. The highest BCUT2D eigenvalue weighted by molar-refractivity contribution is 5.81. The summed E-state index contributed by atoms with van der Waals surface area (Å²) in [6, 6.07) is 13.9. The lowest BCUT2D eigenvalue weighted by Crippen LogP contribution is -2.26. The normalized spacial score (nSPS) is 11.8. The van der Waals surface area contributed by atoms with Crippen molar-refractivity contribution in [2.45, 2.75) is 33.0 Å². The van der Waals surface area contributed by atoms with E-state index in [-0.39, 0.29) is 6.61 Å². The van der Waals surface area contributed by atoms with Crippen molar-refractivity contribution < 1.29 is 23.4 Å². The Kier molecular flexibility index (Phi) is 5.99. The van der Waals surface area contributed by atoms with Gasteiger partial charge in [-0.2, -0.15) is 0 Å². The van der Waals surface area contributed by atoms with Crippen LogP contribution in [0.5, 0.6) is 11.5 Å². The van der Waals surface area contributed by atoms with Crippen LogP contribution in [0, 0.1) is 0 Å². The molecule has 0 aliphatic rings. The number of benzene rings is 2. The van der Waals surface area contributed by atoms with E-state index in [0.29, 0.717) is 22.6 Å². The summed E-state index contributed by atoms with van der Waals surface area (Å²) < 4.78 is 21.3. The minimum absolute atomic E-state index is 0.0390. The third kappa shape index (κ3) is 4.52. The molecule has 0 saturated carbocycles. The summed E-state index contributed by atoms with van der Waals surface area (Å²) in [7, 11) is 1.58. The highest BCUT2D eigenvalue weighted by atomic mass is 16.6. The predicted octanol–water partition coefficient (Wildman–Crippen LogP) is 3.87. The number of carbonyl (C=O) groups excluding carboxylic acids is 1. The summed E-state index contributed by atoms with van der Waals surface area (Å²) in [5.74, 6) is 0.703. The molecule has 1 aromatic heterocycles. The van der Waals surface area contributed by atoms with Crippen molar-refractivity contribution in [3.05, 3.63) is 70.1 Å². The quantitative estimate of drug-likeness (QED) is 0.456. The van der Waals surface area contributed by atoms with Gasteiger partial charge in [0.2, 0.25) is 0 Å². The molecule has 0 saturated heterocycles. The van der Waals surface area contributed by atoms with Gasteiger partial charge in [0, 0.05) is 17.0 Å². The van der Waals surface area contributed by atoms with E-state index < -0.39 is 17.7 Å². The second-order valence-corrected chi connectivity index (χ2v) is 6.32. The molecule has 0 aliphatic carbocycles. The van der Waals surface area contributed by atoms with Crippen LogP contribution in [0.1, 0.15) is 25.0 Å².